The molecule has 0 amide bonds. The highest BCUT2D eigenvalue weighted by Gasteiger charge is 2.37. The molecular weight excluding hydrogens is 276 g/mol. The maximum Gasteiger partial charge on any atom is 0.138 e. The molecule has 1 saturated heterocycles. The fourth-order valence-corrected chi connectivity index (χ4v) is 3.41. The molecule has 0 saturated carbocycles. The number of hydrogen-bond donors (Lipinski definition) is 0. The topological polar surface area (TPSA) is 38.5 Å². The molecule has 3 rings (SSSR count). The minimum atomic E-state index is 0.0922. The van der Waals surface area contributed by atoms with E-state index in [2.05, 4.69) is 47.4 Å². The largest absolute Gasteiger partial charge is 0.380 e. The Balaban J connectivity index is 1.77. The number of ether oxygens (including phenoxy) is 1. The molecule has 118 valence electrons. The van der Waals surface area contributed by atoms with Gasteiger partial charge in [0, 0.05) is 30.7 Å². The van der Waals surface area contributed by atoms with Crippen molar-refractivity contribution >= 4 is 0 Å². The molecule has 22 heavy (non-hydrogen) atoms. The highest BCUT2D eigenvalue weighted by molar-refractivity contribution is 5.28. The molecule has 4 heteroatoms. The number of aromatic nitrogens is 1. The van der Waals surface area contributed by atoms with E-state index in [1.54, 1.807) is 0 Å². The van der Waals surface area contributed by atoms with Crippen LogP contribution in [0.4, 0.5) is 0 Å². The van der Waals surface area contributed by atoms with Crippen LogP contribution >= 0.6 is 0 Å². The molecule has 1 atom stereocenters. The van der Waals surface area contributed by atoms with Gasteiger partial charge in [0.05, 0.1) is 12.3 Å². The van der Waals surface area contributed by atoms with Crippen molar-refractivity contribution in [3.8, 4) is 0 Å². The average Bonchev–Trinajstić information content (AvgIpc) is 3.11. The lowest BCUT2D eigenvalue weighted by atomic mass is 9.79. The summed E-state index contributed by atoms with van der Waals surface area (Å²) < 4.78 is 11.0. The van der Waals surface area contributed by atoms with Crippen molar-refractivity contribution in [2.24, 2.45) is 0 Å². The first-order valence-electron chi connectivity index (χ1n) is 7.84. The molecule has 0 spiro atoms. The Morgan fingerprint density at radius 2 is 2.00 bits per heavy atom. The molecule has 0 radical (unpaired) electrons. The predicted molar refractivity (Wildman–Crippen MR) is 85.9 cm³/mol. The van der Waals surface area contributed by atoms with Crippen LogP contribution in [0.5, 0.6) is 0 Å². The van der Waals surface area contributed by atoms with Crippen LogP contribution in [0, 0.1) is 13.8 Å². The van der Waals surface area contributed by atoms with Gasteiger partial charge in [0.15, 0.2) is 0 Å². The van der Waals surface area contributed by atoms with E-state index < -0.39 is 0 Å². The van der Waals surface area contributed by atoms with E-state index in [1.807, 2.05) is 13.8 Å². The van der Waals surface area contributed by atoms with Crippen LogP contribution in [0.15, 0.2) is 34.9 Å². The van der Waals surface area contributed by atoms with Crippen LogP contribution < -0.4 is 0 Å². The van der Waals surface area contributed by atoms with Crippen LogP contribution in [0.25, 0.3) is 0 Å². The van der Waals surface area contributed by atoms with E-state index in [4.69, 9.17) is 9.26 Å². The number of rotatable bonds is 5. The van der Waals surface area contributed by atoms with Crippen LogP contribution in [-0.2, 0) is 16.7 Å². The molecule has 0 unspecified atom stereocenters. The summed E-state index contributed by atoms with van der Waals surface area (Å²) in [6.45, 7) is 7.45. The summed E-state index contributed by atoms with van der Waals surface area (Å²) in [6, 6.07) is 10.7. The van der Waals surface area contributed by atoms with Crippen molar-refractivity contribution in [1.29, 1.82) is 0 Å². The molecule has 1 aromatic heterocycles. The van der Waals surface area contributed by atoms with Crippen LogP contribution in [-0.4, -0.2) is 36.9 Å². The minimum absolute atomic E-state index is 0.0922. The van der Waals surface area contributed by atoms with Gasteiger partial charge in [-0.05, 0) is 32.9 Å². The number of benzene rings is 1. The molecule has 0 bridgehead atoms. The van der Waals surface area contributed by atoms with Gasteiger partial charge in [-0.2, -0.15) is 0 Å². The Morgan fingerprint density at radius 3 is 2.59 bits per heavy atom. The van der Waals surface area contributed by atoms with Crippen molar-refractivity contribution < 1.29 is 9.26 Å². The van der Waals surface area contributed by atoms with E-state index in [1.165, 1.54) is 11.1 Å². The second-order valence-electron chi connectivity index (χ2n) is 6.42. The molecule has 1 aliphatic rings. The third-order valence-electron chi connectivity index (χ3n) is 4.67. The van der Waals surface area contributed by atoms with Gasteiger partial charge in [-0.25, -0.2) is 0 Å². The van der Waals surface area contributed by atoms with E-state index >= 15 is 0 Å². The third-order valence-corrected chi connectivity index (χ3v) is 4.67. The second kappa shape index (κ2) is 6.23. The van der Waals surface area contributed by atoms with Gasteiger partial charge in [0.25, 0.3) is 0 Å². The summed E-state index contributed by atoms with van der Waals surface area (Å²) in [5.74, 6) is 0.917. The highest BCUT2D eigenvalue weighted by atomic mass is 16.5. The van der Waals surface area contributed by atoms with Gasteiger partial charge in [0.1, 0.15) is 5.76 Å². The normalized spacial score (nSPS) is 21.6. The zero-order valence-electron chi connectivity index (χ0n) is 13.6. The third kappa shape index (κ3) is 2.94. The van der Waals surface area contributed by atoms with Crippen molar-refractivity contribution in [2.45, 2.75) is 32.2 Å². The molecule has 4 nitrogen and oxygen atoms in total. The lowest BCUT2D eigenvalue weighted by Crippen LogP contribution is -2.39. The van der Waals surface area contributed by atoms with Gasteiger partial charge in [0.2, 0.25) is 0 Å². The Hall–Kier alpha value is -1.65. The van der Waals surface area contributed by atoms with Gasteiger partial charge in [-0.1, -0.05) is 35.5 Å². The Kier molecular flexibility index (Phi) is 4.32. The number of likely N-dealkylation sites (N-methyl/N-ethyl adjacent to an activating group) is 1. The predicted octanol–water partition coefficient (Wildman–Crippen LogP) is 3.08. The molecule has 2 heterocycles. The number of nitrogens with zero attached hydrogens (tertiary/aromatic N) is 2. The average molecular weight is 300 g/mol. The fraction of sp³-hybridized carbons (Fsp3) is 0.500. The lowest BCUT2D eigenvalue weighted by Gasteiger charge is -2.33. The standard InChI is InChI=1S/C18H24N2O2/c1-14-17(15(2)22-19-14)11-20(3)12-18(9-10-21-13-18)16-7-5-4-6-8-16/h4-8H,9-13H2,1-3H3/t18-/m1/s1. The summed E-state index contributed by atoms with van der Waals surface area (Å²) >= 11 is 0. The van der Waals surface area contributed by atoms with Crippen molar-refractivity contribution in [1.82, 2.24) is 10.1 Å². The van der Waals surface area contributed by atoms with Crippen molar-refractivity contribution in [3.05, 3.63) is 52.9 Å². The summed E-state index contributed by atoms with van der Waals surface area (Å²) in [4.78, 5) is 2.36. The summed E-state index contributed by atoms with van der Waals surface area (Å²) in [6.07, 6.45) is 1.07. The molecule has 2 aromatic rings. The Bertz CT molecular complexity index is 596. The van der Waals surface area contributed by atoms with Crippen LogP contribution in [0.2, 0.25) is 0 Å². The van der Waals surface area contributed by atoms with Gasteiger partial charge >= 0.3 is 0 Å². The summed E-state index contributed by atoms with van der Waals surface area (Å²) in [5.41, 5.74) is 3.65. The first-order valence-corrected chi connectivity index (χ1v) is 7.84. The van der Waals surface area contributed by atoms with Gasteiger partial charge in [-0.15, -0.1) is 0 Å². The lowest BCUT2D eigenvalue weighted by molar-refractivity contribution is 0.157. The minimum Gasteiger partial charge on any atom is -0.380 e. The SMILES string of the molecule is Cc1noc(C)c1CN(C)C[C@]1(c2ccccc2)CCOC1. The Morgan fingerprint density at radius 1 is 1.23 bits per heavy atom. The first-order chi connectivity index (χ1) is 10.6. The Labute approximate surface area is 132 Å². The van der Waals surface area contributed by atoms with E-state index in [0.717, 1.165) is 44.2 Å². The van der Waals surface area contributed by atoms with E-state index in [-0.39, 0.29) is 5.41 Å². The van der Waals surface area contributed by atoms with E-state index in [9.17, 15) is 0 Å². The molecule has 1 aliphatic heterocycles. The molecule has 1 fully saturated rings. The molecule has 1 aromatic carbocycles. The van der Waals surface area contributed by atoms with E-state index in [0.29, 0.717) is 0 Å². The molecule has 0 aliphatic carbocycles. The quantitative estimate of drug-likeness (QED) is 0.850. The zero-order valence-corrected chi connectivity index (χ0v) is 13.6. The first kappa shape index (κ1) is 15.3. The smallest absolute Gasteiger partial charge is 0.138 e. The number of aryl methyl sites for hydroxylation is 2. The highest BCUT2D eigenvalue weighted by Crippen LogP contribution is 2.34. The van der Waals surface area contributed by atoms with Crippen LogP contribution in [0.1, 0.15) is 29.0 Å². The monoisotopic (exact) mass is 300 g/mol. The maximum absolute atomic E-state index is 5.74. The number of hydrogen-bond acceptors (Lipinski definition) is 4. The molecule has 0 N–H and O–H groups in total. The second-order valence-corrected chi connectivity index (χ2v) is 6.42. The fourth-order valence-electron chi connectivity index (χ4n) is 3.41. The van der Waals surface area contributed by atoms with Gasteiger partial charge in [-0.3, -0.25) is 0 Å². The zero-order chi connectivity index (χ0) is 15.6. The summed E-state index contributed by atoms with van der Waals surface area (Å²) in [5, 5.41) is 4.05. The molecular formula is C18H24N2O2. The maximum atomic E-state index is 5.74. The van der Waals surface area contributed by atoms with Crippen LogP contribution in [0.3, 0.4) is 0 Å². The van der Waals surface area contributed by atoms with Crippen molar-refractivity contribution in [3.63, 3.8) is 0 Å². The van der Waals surface area contributed by atoms with Crippen molar-refractivity contribution in [2.75, 3.05) is 26.8 Å². The summed E-state index contributed by atoms with van der Waals surface area (Å²) in [7, 11) is 2.16. The van der Waals surface area contributed by atoms with Gasteiger partial charge < -0.3 is 14.2 Å².